The Morgan fingerprint density at radius 1 is 1.27 bits per heavy atom. The highest BCUT2D eigenvalue weighted by Gasteiger charge is 2.14. The van der Waals surface area contributed by atoms with Gasteiger partial charge in [-0.1, -0.05) is 37.3 Å². The molecule has 0 atom stereocenters. The fourth-order valence-electron chi connectivity index (χ4n) is 3.32. The van der Waals surface area contributed by atoms with Crippen molar-refractivity contribution >= 4 is 16.8 Å². The Hall–Kier alpha value is -1.84. The normalized spacial score (nSPS) is 16.6. The van der Waals surface area contributed by atoms with Crippen LogP contribution < -0.4 is 5.32 Å². The van der Waals surface area contributed by atoms with Gasteiger partial charge in [-0.15, -0.1) is 0 Å². The summed E-state index contributed by atoms with van der Waals surface area (Å²) < 4.78 is 1.93. The van der Waals surface area contributed by atoms with Crippen molar-refractivity contribution in [2.75, 3.05) is 0 Å². The summed E-state index contributed by atoms with van der Waals surface area (Å²) in [5, 5.41) is 8.75. The monoisotopic (exact) mass is 299 g/mol. The maximum Gasteiger partial charge on any atom is 0.222 e. The van der Waals surface area contributed by atoms with Gasteiger partial charge in [-0.3, -0.25) is 9.48 Å². The molecule has 1 fully saturated rings. The number of rotatable bonds is 4. The highest BCUT2D eigenvalue weighted by Crippen LogP contribution is 2.18. The largest absolute Gasteiger partial charge is 0.353 e. The lowest BCUT2D eigenvalue weighted by molar-refractivity contribution is -0.122. The van der Waals surface area contributed by atoms with Gasteiger partial charge in [-0.2, -0.15) is 5.10 Å². The van der Waals surface area contributed by atoms with Gasteiger partial charge in [0.1, 0.15) is 0 Å². The molecule has 1 aliphatic carbocycles. The Balaban J connectivity index is 1.55. The molecule has 3 rings (SSSR count). The number of benzene rings is 1. The van der Waals surface area contributed by atoms with E-state index in [0.717, 1.165) is 23.7 Å². The molecule has 1 amide bonds. The molecule has 0 unspecified atom stereocenters. The molecule has 0 spiro atoms. The Morgan fingerprint density at radius 2 is 2.05 bits per heavy atom. The SMILES string of the molecule is Cc1ccc2c(cnn2CCC(=O)NC2CCCCCC2)c1. The van der Waals surface area contributed by atoms with Crippen molar-refractivity contribution in [3.05, 3.63) is 30.0 Å². The molecular weight excluding hydrogens is 274 g/mol. The Bertz CT molecular complexity index is 639. The molecule has 0 bridgehead atoms. The number of amides is 1. The fraction of sp³-hybridized carbons (Fsp3) is 0.556. The third kappa shape index (κ3) is 3.67. The lowest BCUT2D eigenvalue weighted by Gasteiger charge is -2.16. The van der Waals surface area contributed by atoms with E-state index in [0.29, 0.717) is 19.0 Å². The maximum atomic E-state index is 12.2. The summed E-state index contributed by atoms with van der Waals surface area (Å²) in [5.41, 5.74) is 2.34. The molecule has 1 N–H and O–H groups in total. The van der Waals surface area contributed by atoms with Gasteiger partial charge >= 0.3 is 0 Å². The van der Waals surface area contributed by atoms with Crippen molar-refractivity contribution in [2.45, 2.75) is 64.5 Å². The summed E-state index contributed by atoms with van der Waals surface area (Å²) in [4.78, 5) is 12.2. The second-order valence-electron chi connectivity index (χ2n) is 6.44. The van der Waals surface area contributed by atoms with E-state index < -0.39 is 0 Å². The minimum Gasteiger partial charge on any atom is -0.353 e. The second kappa shape index (κ2) is 6.95. The molecule has 1 aromatic carbocycles. The van der Waals surface area contributed by atoms with Gasteiger partial charge in [0.25, 0.3) is 0 Å². The summed E-state index contributed by atoms with van der Waals surface area (Å²) in [6.45, 7) is 2.72. The van der Waals surface area contributed by atoms with E-state index in [1.54, 1.807) is 0 Å². The molecule has 1 saturated carbocycles. The minimum atomic E-state index is 0.155. The molecule has 0 aliphatic heterocycles. The topological polar surface area (TPSA) is 46.9 Å². The number of nitrogens with one attached hydrogen (secondary N) is 1. The van der Waals surface area contributed by atoms with Gasteiger partial charge in [0.05, 0.1) is 18.3 Å². The molecule has 0 saturated heterocycles. The number of carbonyl (C=O) groups excluding carboxylic acids is 1. The van der Waals surface area contributed by atoms with Crippen LogP contribution in [0.4, 0.5) is 0 Å². The Morgan fingerprint density at radius 3 is 2.82 bits per heavy atom. The molecule has 4 heteroatoms. The van der Waals surface area contributed by atoms with Crippen molar-refractivity contribution in [3.8, 4) is 0 Å². The molecule has 1 aromatic heterocycles. The second-order valence-corrected chi connectivity index (χ2v) is 6.44. The summed E-state index contributed by atoms with van der Waals surface area (Å²) in [6, 6.07) is 6.68. The van der Waals surface area contributed by atoms with Crippen molar-refractivity contribution in [1.29, 1.82) is 0 Å². The third-order valence-corrected chi connectivity index (χ3v) is 4.57. The highest BCUT2D eigenvalue weighted by atomic mass is 16.1. The molecule has 22 heavy (non-hydrogen) atoms. The summed E-state index contributed by atoms with van der Waals surface area (Å²) in [7, 11) is 0. The molecule has 118 valence electrons. The van der Waals surface area contributed by atoms with Gasteiger partial charge in [0.15, 0.2) is 0 Å². The van der Waals surface area contributed by atoms with E-state index in [1.807, 2.05) is 10.9 Å². The maximum absolute atomic E-state index is 12.2. The van der Waals surface area contributed by atoms with Gasteiger partial charge < -0.3 is 5.32 Å². The van der Waals surface area contributed by atoms with Crippen LogP contribution in [-0.4, -0.2) is 21.7 Å². The van der Waals surface area contributed by atoms with E-state index in [2.05, 4.69) is 35.5 Å². The van der Waals surface area contributed by atoms with Crippen LogP contribution in [0.1, 0.15) is 50.5 Å². The van der Waals surface area contributed by atoms with Crippen molar-refractivity contribution in [2.24, 2.45) is 0 Å². The van der Waals surface area contributed by atoms with E-state index in [1.165, 1.54) is 31.2 Å². The molecule has 1 aliphatic rings. The Kier molecular flexibility index (Phi) is 4.76. The van der Waals surface area contributed by atoms with Crippen molar-refractivity contribution in [3.63, 3.8) is 0 Å². The van der Waals surface area contributed by atoms with Crippen molar-refractivity contribution in [1.82, 2.24) is 15.1 Å². The van der Waals surface area contributed by atoms with Gasteiger partial charge in [-0.05, 0) is 31.9 Å². The average Bonchev–Trinajstić information content (AvgIpc) is 2.72. The molecular formula is C18H25N3O. The first kappa shape index (κ1) is 15.1. The van der Waals surface area contributed by atoms with E-state index >= 15 is 0 Å². The van der Waals surface area contributed by atoms with Crippen LogP contribution in [-0.2, 0) is 11.3 Å². The smallest absolute Gasteiger partial charge is 0.222 e. The van der Waals surface area contributed by atoms with Gasteiger partial charge in [0, 0.05) is 17.8 Å². The summed E-state index contributed by atoms with van der Waals surface area (Å²) in [6.07, 6.45) is 9.76. The third-order valence-electron chi connectivity index (χ3n) is 4.57. The molecule has 2 aromatic rings. The number of aromatic nitrogens is 2. The molecule has 0 radical (unpaired) electrons. The van der Waals surface area contributed by atoms with Crippen LogP contribution in [0.3, 0.4) is 0 Å². The number of hydrogen-bond donors (Lipinski definition) is 1. The number of carbonyl (C=O) groups is 1. The zero-order valence-corrected chi connectivity index (χ0v) is 13.3. The average molecular weight is 299 g/mol. The molecule has 1 heterocycles. The lowest BCUT2D eigenvalue weighted by Crippen LogP contribution is -2.34. The lowest BCUT2D eigenvalue weighted by atomic mass is 10.1. The summed E-state index contributed by atoms with van der Waals surface area (Å²) >= 11 is 0. The first-order valence-electron chi connectivity index (χ1n) is 8.44. The highest BCUT2D eigenvalue weighted by molar-refractivity contribution is 5.80. The van der Waals surface area contributed by atoms with E-state index in [4.69, 9.17) is 0 Å². The van der Waals surface area contributed by atoms with Gasteiger partial charge in [0.2, 0.25) is 5.91 Å². The van der Waals surface area contributed by atoms with Crippen LogP contribution in [0, 0.1) is 6.92 Å². The number of fused-ring (bicyclic) bond motifs is 1. The predicted molar refractivity (Wildman–Crippen MR) is 88.7 cm³/mol. The van der Waals surface area contributed by atoms with Crippen LogP contribution in [0.15, 0.2) is 24.4 Å². The standard InChI is InChI=1S/C18H25N3O/c1-14-8-9-17-15(12-14)13-19-21(17)11-10-18(22)20-16-6-4-2-3-5-7-16/h8-9,12-13,16H,2-7,10-11H2,1H3,(H,20,22). The van der Waals surface area contributed by atoms with Crippen LogP contribution in [0.5, 0.6) is 0 Å². The Labute approximate surface area is 131 Å². The van der Waals surface area contributed by atoms with Gasteiger partial charge in [-0.25, -0.2) is 0 Å². The van der Waals surface area contributed by atoms with E-state index in [9.17, 15) is 4.79 Å². The molecule has 4 nitrogen and oxygen atoms in total. The first-order chi connectivity index (χ1) is 10.7. The van der Waals surface area contributed by atoms with E-state index in [-0.39, 0.29) is 5.91 Å². The quantitative estimate of drug-likeness (QED) is 0.877. The predicted octanol–water partition coefficient (Wildman–Crippen LogP) is 3.57. The number of hydrogen-bond acceptors (Lipinski definition) is 2. The van der Waals surface area contributed by atoms with Crippen LogP contribution in [0.25, 0.3) is 10.9 Å². The minimum absolute atomic E-state index is 0.155. The zero-order valence-electron chi connectivity index (χ0n) is 13.3. The van der Waals surface area contributed by atoms with Crippen molar-refractivity contribution < 1.29 is 4.79 Å². The number of aryl methyl sites for hydroxylation is 2. The zero-order chi connectivity index (χ0) is 15.4. The summed E-state index contributed by atoms with van der Waals surface area (Å²) in [5.74, 6) is 0.155. The first-order valence-corrected chi connectivity index (χ1v) is 8.44. The van der Waals surface area contributed by atoms with Crippen LogP contribution >= 0.6 is 0 Å². The van der Waals surface area contributed by atoms with Crippen LogP contribution in [0.2, 0.25) is 0 Å². The fourth-order valence-corrected chi connectivity index (χ4v) is 3.32. The number of nitrogens with zero attached hydrogens (tertiary/aromatic N) is 2.